The maximum atomic E-state index is 15.1. The second-order valence-corrected chi connectivity index (χ2v) is 17.6. The smallest absolute Gasteiger partial charge is 0.442 e. The van der Waals surface area contributed by atoms with Gasteiger partial charge in [0, 0.05) is 29.5 Å². The predicted octanol–water partition coefficient (Wildman–Crippen LogP) is 4.67. The zero-order valence-electron chi connectivity index (χ0n) is 29.2. The van der Waals surface area contributed by atoms with Crippen LogP contribution in [0.25, 0.3) is 16.7 Å². The van der Waals surface area contributed by atoms with E-state index in [4.69, 9.17) is 0 Å². The molecule has 4 aromatic carbocycles. The summed E-state index contributed by atoms with van der Waals surface area (Å²) >= 11 is 0. The molecule has 0 bridgehead atoms. The van der Waals surface area contributed by atoms with Crippen molar-refractivity contribution in [2.45, 2.75) is 26.5 Å². The van der Waals surface area contributed by atoms with Crippen molar-refractivity contribution < 1.29 is 70.3 Å². The first-order valence-corrected chi connectivity index (χ1v) is 21.5. The van der Waals surface area contributed by atoms with E-state index in [1.807, 2.05) is 13.0 Å². The minimum Gasteiger partial charge on any atom is -0.505 e. The first-order chi connectivity index (χ1) is 27.3. The van der Waals surface area contributed by atoms with Crippen molar-refractivity contribution in [2.75, 3.05) is 10.6 Å². The Morgan fingerprint density at radius 2 is 1.32 bits per heavy atom. The highest BCUT2D eigenvalue weighted by Gasteiger charge is 2.34. The van der Waals surface area contributed by atoms with Crippen molar-refractivity contribution >= 4 is 85.9 Å². The molecular weight excluding hydrogens is 871 g/mol. The molecule has 0 aliphatic rings. The molecule has 0 aliphatic heterocycles. The number of benzene rings is 4. The van der Waals surface area contributed by atoms with E-state index in [0.717, 1.165) is 17.7 Å². The van der Waals surface area contributed by atoms with Gasteiger partial charge in [-0.15, -0.1) is 27.3 Å². The molecule has 2 heterocycles. The Balaban J connectivity index is 1.62. The number of nitrogens with one attached hydrogen (secondary N) is 2. The van der Waals surface area contributed by atoms with Crippen LogP contribution in [0.15, 0.2) is 103 Å². The Kier molecular flexibility index (Phi) is 10.8. The number of anilines is 4. The van der Waals surface area contributed by atoms with E-state index in [-0.39, 0.29) is 29.6 Å². The normalized spacial score (nSPS) is 12.6. The lowest BCUT2D eigenvalue weighted by Crippen LogP contribution is -2.33. The van der Waals surface area contributed by atoms with Crippen LogP contribution in [0.2, 0.25) is 0 Å². The minimum absolute atomic E-state index is 0.0296. The van der Waals surface area contributed by atoms with Crippen molar-refractivity contribution in [1.82, 2.24) is 15.0 Å². The average molecular weight is 895 g/mol. The fraction of sp³-hybridized carbons (Fsp3) is 0.0312. The van der Waals surface area contributed by atoms with E-state index in [1.54, 1.807) is 42.7 Å². The zero-order valence-corrected chi connectivity index (χ0v) is 32.5. The number of hydrogen-bond donors (Lipinski definition) is 7. The molecule has 7 N–H and O–H groups in total. The number of phenolic OH excluding ortho intramolecular Hbond substituents is 1. The van der Waals surface area contributed by atoms with Crippen LogP contribution in [0.5, 0.6) is 5.75 Å². The van der Waals surface area contributed by atoms with Gasteiger partial charge < -0.3 is 15.7 Å². The van der Waals surface area contributed by atoms with Crippen molar-refractivity contribution in [3.05, 3.63) is 103 Å². The van der Waals surface area contributed by atoms with Crippen LogP contribution in [0.3, 0.4) is 0 Å². The summed E-state index contributed by atoms with van der Waals surface area (Å²) in [6.07, 6.45) is 3.10. The molecular formula is C32H24F2N8O13S4. The van der Waals surface area contributed by atoms with Crippen molar-refractivity contribution in [3.8, 4) is 11.7 Å². The lowest BCUT2D eigenvalue weighted by atomic mass is 10.1. The summed E-state index contributed by atoms with van der Waals surface area (Å²) in [4.78, 5) is 6.22. The fourth-order valence-corrected chi connectivity index (χ4v) is 8.16. The molecule has 0 spiro atoms. The van der Waals surface area contributed by atoms with E-state index < -0.39 is 99.6 Å². The molecule has 0 aliphatic carbocycles. The molecule has 6 rings (SSSR count). The van der Waals surface area contributed by atoms with E-state index >= 15 is 4.39 Å². The van der Waals surface area contributed by atoms with Crippen LogP contribution >= 0.6 is 0 Å². The van der Waals surface area contributed by atoms with Crippen LogP contribution in [0, 0.1) is 25.5 Å². The molecule has 6 aromatic rings. The van der Waals surface area contributed by atoms with Crippen LogP contribution < -0.4 is 15.2 Å². The Bertz CT molecular complexity index is 3230. The number of hydrogen-bond acceptors (Lipinski definition) is 16. The molecule has 308 valence electrons. The number of phenols is 1. The third kappa shape index (κ3) is 8.90. The van der Waals surface area contributed by atoms with E-state index in [2.05, 4.69) is 42.7 Å². The molecule has 0 atom stereocenters. The molecule has 0 fully saturated rings. The molecule has 0 saturated heterocycles. The number of aromatic nitrogens is 4. The second kappa shape index (κ2) is 15.1. The molecule has 21 nitrogen and oxygen atoms in total. The topological polar surface area (TPSA) is 329 Å². The van der Waals surface area contributed by atoms with E-state index in [0.29, 0.717) is 17.3 Å². The quantitative estimate of drug-likeness (QED) is 0.0402. The summed E-state index contributed by atoms with van der Waals surface area (Å²) in [5.41, 5.74) is -1.31. The number of fused-ring (bicyclic) bond motifs is 1. The molecule has 0 saturated carbocycles. The first kappa shape index (κ1) is 42.3. The summed E-state index contributed by atoms with van der Waals surface area (Å²) in [7, 11) is -22.6. The maximum absolute atomic E-state index is 15.1. The highest BCUT2D eigenvalue weighted by molar-refractivity contribution is 7.87. The standard InChI is InChI=1S/C32H24F2N8O13S4/c1-15-8-10-42(11-9-15)32-38-30(35-17-5-3-4-16(2)12-17)37-31(39-32)36-20-6-7-22(56(44,45)46)18-13-23(57(47,48)49)26(27(43)24(18)20)41-40-21-14-19(33)28(58(50,51)52)25(34)29(21)59(53,54)55/h3-14,43H,1H2,2H3,(H,44,45,46)(H,47,48,49)(H,50,51,52)(H,53,54,55)(H2,35,36,37,38,39). The lowest BCUT2D eigenvalue weighted by Gasteiger charge is -2.15. The third-order valence-electron chi connectivity index (χ3n) is 7.89. The summed E-state index contributed by atoms with van der Waals surface area (Å²) in [6.45, 7) is 5.65. The summed E-state index contributed by atoms with van der Waals surface area (Å²) in [5, 5.41) is 22.3. The van der Waals surface area contributed by atoms with Gasteiger partial charge in [0.1, 0.15) is 27.0 Å². The maximum Gasteiger partial charge on any atom is 0.442 e. The number of rotatable bonds is 11. The second-order valence-electron chi connectivity index (χ2n) is 12.1. The minimum atomic E-state index is -5.90. The number of aromatic hydroxyl groups is 1. The zero-order chi connectivity index (χ0) is 43.4. The highest BCUT2D eigenvalue weighted by atomic mass is 32.2. The van der Waals surface area contributed by atoms with Crippen molar-refractivity contribution in [3.63, 3.8) is 0 Å². The largest absolute Gasteiger partial charge is 0.505 e. The number of azo groups is 1. The molecule has 0 amide bonds. The molecule has 27 heteroatoms. The lowest BCUT2D eigenvalue weighted by molar-refractivity contribution is -0.603. The van der Waals surface area contributed by atoms with Gasteiger partial charge in [0.2, 0.25) is 0 Å². The molecule has 2 aromatic heterocycles. The Labute approximate surface area is 331 Å². The van der Waals surface area contributed by atoms with Crippen molar-refractivity contribution in [2.24, 2.45) is 10.2 Å². The first-order valence-electron chi connectivity index (χ1n) is 15.7. The monoisotopic (exact) mass is 894 g/mol. The Hall–Kier alpha value is -6.33. The van der Waals surface area contributed by atoms with Gasteiger partial charge in [-0.3, -0.25) is 18.2 Å². The van der Waals surface area contributed by atoms with Gasteiger partial charge in [0.15, 0.2) is 21.4 Å². The molecule has 0 radical (unpaired) electrons. The van der Waals surface area contributed by atoms with Crippen LogP contribution in [-0.2, 0) is 40.5 Å². The Morgan fingerprint density at radius 3 is 1.90 bits per heavy atom. The molecule has 0 unspecified atom stereocenters. The Morgan fingerprint density at radius 1 is 0.712 bits per heavy atom. The summed E-state index contributed by atoms with van der Waals surface area (Å²) in [6, 6.07) is 12.2. The van der Waals surface area contributed by atoms with Gasteiger partial charge in [-0.1, -0.05) is 12.1 Å². The number of pyridine rings is 1. The van der Waals surface area contributed by atoms with Gasteiger partial charge in [0.05, 0.1) is 11.1 Å². The molecule has 59 heavy (non-hydrogen) atoms. The van der Waals surface area contributed by atoms with Gasteiger partial charge in [-0.2, -0.15) is 46.2 Å². The summed E-state index contributed by atoms with van der Waals surface area (Å²) < 4.78 is 168. The summed E-state index contributed by atoms with van der Waals surface area (Å²) in [5.74, 6) is -6.61. The van der Waals surface area contributed by atoms with Gasteiger partial charge in [-0.25, -0.2) is 13.3 Å². The predicted molar refractivity (Wildman–Crippen MR) is 199 cm³/mol. The number of aryl methyl sites for hydroxylation is 1. The van der Waals surface area contributed by atoms with Gasteiger partial charge in [-0.05, 0) is 52.8 Å². The third-order valence-corrected chi connectivity index (χ3v) is 11.5. The van der Waals surface area contributed by atoms with E-state index in [1.165, 1.54) is 4.57 Å². The van der Waals surface area contributed by atoms with Crippen LogP contribution in [-0.4, -0.2) is 71.9 Å². The van der Waals surface area contributed by atoms with Gasteiger partial charge >= 0.3 is 17.8 Å². The van der Waals surface area contributed by atoms with Crippen molar-refractivity contribution in [1.29, 1.82) is 0 Å². The van der Waals surface area contributed by atoms with Crippen LogP contribution in [0.4, 0.5) is 43.4 Å². The highest BCUT2D eigenvalue weighted by Crippen LogP contribution is 2.47. The SMILES string of the molecule is [CH2-]c1cc[n+](-c2nc(Nc3cccc(C)c3)nc(Nc3ccc(S(=O)(=O)O)c4cc(S(=O)(=O)O)c(N=Nc5cc(F)c(S(=O)(=O)O)c(F)c5S(=O)(=O)O)c(O)c34)n2)cc1. The average Bonchev–Trinajstić information content (AvgIpc) is 3.09. The fourth-order valence-electron chi connectivity index (χ4n) is 5.44. The van der Waals surface area contributed by atoms with E-state index in [9.17, 15) is 61.4 Å². The van der Waals surface area contributed by atoms with Gasteiger partial charge in [0.25, 0.3) is 40.5 Å². The number of halogens is 2. The number of nitrogens with zero attached hydrogens (tertiary/aromatic N) is 6. The van der Waals surface area contributed by atoms with Crippen LogP contribution in [0.1, 0.15) is 11.1 Å².